The molecule has 2 heteroatoms. The first-order chi connectivity index (χ1) is 4.43. The summed E-state index contributed by atoms with van der Waals surface area (Å²) in [6, 6.07) is 2.00. The Hall–Kier alpha value is -0.920. The van der Waals surface area contributed by atoms with E-state index in [9.17, 15) is 0 Å². The van der Waals surface area contributed by atoms with E-state index in [-0.39, 0.29) is 0 Å². The van der Waals surface area contributed by atoms with Gasteiger partial charge in [-0.3, -0.25) is 4.98 Å². The van der Waals surface area contributed by atoms with E-state index in [4.69, 9.17) is 0 Å². The molecule has 0 unspecified atom stereocenters. The standard InChI is InChI=1S/C7H10N2/c1-2-3-7-4-5-8-6-9-7/h4-6H,2-3H2,1H3/p+1. The molecule has 0 bridgehead atoms. The molecule has 0 saturated heterocycles. The van der Waals surface area contributed by atoms with Gasteiger partial charge in [-0.1, -0.05) is 11.9 Å². The third-order valence-corrected chi connectivity index (χ3v) is 1.18. The summed E-state index contributed by atoms with van der Waals surface area (Å²) >= 11 is 0. The Morgan fingerprint density at radius 2 is 2.56 bits per heavy atom. The summed E-state index contributed by atoms with van der Waals surface area (Å²) in [5, 5.41) is 0. The molecule has 1 rings (SSSR count). The van der Waals surface area contributed by atoms with Crippen LogP contribution in [0.3, 0.4) is 0 Å². The SMILES string of the molecule is CCCc1cc[nH+]cn1. The predicted molar refractivity (Wildman–Crippen MR) is 34.8 cm³/mol. The minimum Gasteiger partial charge on any atom is -0.250 e. The molecule has 0 aliphatic heterocycles. The third-order valence-electron chi connectivity index (χ3n) is 1.18. The van der Waals surface area contributed by atoms with Gasteiger partial charge in [0.1, 0.15) is 0 Å². The molecule has 0 saturated carbocycles. The second-order valence-electron chi connectivity index (χ2n) is 2.00. The van der Waals surface area contributed by atoms with Gasteiger partial charge >= 0.3 is 0 Å². The minimum atomic E-state index is 1.08. The summed E-state index contributed by atoms with van der Waals surface area (Å²) in [7, 11) is 0. The van der Waals surface area contributed by atoms with E-state index in [2.05, 4.69) is 16.9 Å². The molecule has 1 N–H and O–H groups in total. The fraction of sp³-hybridized carbons (Fsp3) is 0.429. The fourth-order valence-corrected chi connectivity index (χ4v) is 0.755. The van der Waals surface area contributed by atoms with Crippen molar-refractivity contribution in [3.05, 3.63) is 24.3 Å². The average molecular weight is 123 g/mol. The normalized spacial score (nSPS) is 9.44. The van der Waals surface area contributed by atoms with Gasteiger partial charge in [0, 0.05) is 12.5 Å². The van der Waals surface area contributed by atoms with Crippen LogP contribution in [0.25, 0.3) is 0 Å². The molecular weight excluding hydrogens is 112 g/mol. The van der Waals surface area contributed by atoms with E-state index in [0.29, 0.717) is 0 Å². The number of aromatic nitrogens is 2. The maximum absolute atomic E-state index is 4.11. The summed E-state index contributed by atoms with van der Waals surface area (Å²) in [6.45, 7) is 2.15. The molecule has 1 aromatic rings. The molecule has 0 aliphatic rings. The van der Waals surface area contributed by atoms with E-state index < -0.39 is 0 Å². The van der Waals surface area contributed by atoms with E-state index in [1.165, 1.54) is 0 Å². The van der Waals surface area contributed by atoms with Gasteiger partial charge in [-0.05, 0) is 6.42 Å². The highest BCUT2D eigenvalue weighted by Gasteiger charge is 1.94. The predicted octanol–water partition coefficient (Wildman–Crippen LogP) is 0.848. The maximum atomic E-state index is 4.11. The smallest absolute Gasteiger partial charge is 0.250 e. The van der Waals surface area contributed by atoms with Crippen molar-refractivity contribution in [2.24, 2.45) is 0 Å². The second kappa shape index (κ2) is 3.17. The molecule has 0 amide bonds. The number of hydrogen-bond donors (Lipinski definition) is 0. The summed E-state index contributed by atoms with van der Waals surface area (Å²) in [5.74, 6) is 0. The van der Waals surface area contributed by atoms with Crippen LogP contribution in [0.2, 0.25) is 0 Å². The molecule has 0 radical (unpaired) electrons. The molecule has 0 aromatic carbocycles. The molecule has 0 spiro atoms. The van der Waals surface area contributed by atoms with Gasteiger partial charge in [0.05, 0.1) is 6.20 Å². The second-order valence-corrected chi connectivity index (χ2v) is 2.00. The first kappa shape index (κ1) is 6.20. The van der Waals surface area contributed by atoms with Gasteiger partial charge in [-0.2, -0.15) is 0 Å². The molecule has 0 atom stereocenters. The van der Waals surface area contributed by atoms with Crippen LogP contribution in [0.15, 0.2) is 18.6 Å². The zero-order chi connectivity index (χ0) is 6.53. The molecule has 1 heterocycles. The Morgan fingerprint density at radius 1 is 1.67 bits per heavy atom. The van der Waals surface area contributed by atoms with Gasteiger partial charge in [-0.25, -0.2) is 0 Å². The van der Waals surface area contributed by atoms with Crippen molar-refractivity contribution < 1.29 is 4.98 Å². The van der Waals surface area contributed by atoms with Crippen molar-refractivity contribution in [3.63, 3.8) is 0 Å². The highest BCUT2D eigenvalue weighted by Crippen LogP contribution is 1.92. The van der Waals surface area contributed by atoms with Crippen molar-refractivity contribution in [2.45, 2.75) is 19.8 Å². The molecule has 0 aliphatic carbocycles. The van der Waals surface area contributed by atoms with Crippen LogP contribution < -0.4 is 4.98 Å². The molecule has 0 fully saturated rings. The van der Waals surface area contributed by atoms with Crippen LogP contribution in [0.5, 0.6) is 0 Å². The highest BCUT2D eigenvalue weighted by molar-refractivity contribution is 4.94. The van der Waals surface area contributed by atoms with E-state index in [1.807, 2.05) is 12.3 Å². The molecule has 9 heavy (non-hydrogen) atoms. The maximum Gasteiger partial charge on any atom is 0.284 e. The van der Waals surface area contributed by atoms with E-state index >= 15 is 0 Å². The van der Waals surface area contributed by atoms with Crippen LogP contribution in [0, 0.1) is 0 Å². The van der Waals surface area contributed by atoms with Crippen LogP contribution in [0.4, 0.5) is 0 Å². The lowest BCUT2D eigenvalue weighted by Crippen LogP contribution is -2.02. The lowest BCUT2D eigenvalue weighted by molar-refractivity contribution is -0.383. The van der Waals surface area contributed by atoms with Gasteiger partial charge < -0.3 is 0 Å². The molecule has 1 aromatic heterocycles. The number of aryl methyl sites for hydroxylation is 1. The summed E-state index contributed by atoms with van der Waals surface area (Å²) in [4.78, 5) is 6.99. The number of aromatic amines is 1. The molecular formula is C7H11N2+. The number of H-pyrrole nitrogens is 1. The van der Waals surface area contributed by atoms with Crippen molar-refractivity contribution in [1.82, 2.24) is 4.98 Å². The quantitative estimate of drug-likeness (QED) is 0.572. The Morgan fingerprint density at radius 3 is 3.11 bits per heavy atom. The zero-order valence-corrected chi connectivity index (χ0v) is 5.59. The Labute approximate surface area is 55.0 Å². The molecule has 48 valence electrons. The van der Waals surface area contributed by atoms with Gasteiger partial charge in [-0.15, -0.1) is 0 Å². The fourth-order valence-electron chi connectivity index (χ4n) is 0.755. The van der Waals surface area contributed by atoms with Crippen molar-refractivity contribution in [1.29, 1.82) is 0 Å². The van der Waals surface area contributed by atoms with Crippen molar-refractivity contribution >= 4 is 0 Å². The largest absolute Gasteiger partial charge is 0.284 e. The van der Waals surface area contributed by atoms with Gasteiger partial charge in [0.25, 0.3) is 6.33 Å². The Kier molecular flexibility index (Phi) is 2.19. The summed E-state index contributed by atoms with van der Waals surface area (Å²) in [6.07, 6.45) is 5.86. The van der Waals surface area contributed by atoms with Crippen LogP contribution in [-0.4, -0.2) is 4.98 Å². The van der Waals surface area contributed by atoms with E-state index in [1.54, 1.807) is 6.33 Å². The highest BCUT2D eigenvalue weighted by atomic mass is 14.8. The molecule has 2 nitrogen and oxygen atoms in total. The van der Waals surface area contributed by atoms with Gasteiger partial charge in [0.2, 0.25) is 0 Å². The number of nitrogens with zero attached hydrogens (tertiary/aromatic N) is 1. The van der Waals surface area contributed by atoms with Crippen LogP contribution >= 0.6 is 0 Å². The van der Waals surface area contributed by atoms with Crippen LogP contribution in [-0.2, 0) is 6.42 Å². The third kappa shape index (κ3) is 1.80. The monoisotopic (exact) mass is 123 g/mol. The summed E-state index contributed by atoms with van der Waals surface area (Å²) in [5.41, 5.74) is 1.16. The number of rotatable bonds is 2. The Bertz CT molecular complexity index is 160. The van der Waals surface area contributed by atoms with Gasteiger partial charge in [0.15, 0.2) is 5.69 Å². The first-order valence-electron chi connectivity index (χ1n) is 3.24. The lowest BCUT2D eigenvalue weighted by Gasteiger charge is -1.84. The van der Waals surface area contributed by atoms with E-state index in [0.717, 1.165) is 18.5 Å². The lowest BCUT2D eigenvalue weighted by atomic mass is 10.2. The zero-order valence-electron chi connectivity index (χ0n) is 5.59. The first-order valence-corrected chi connectivity index (χ1v) is 3.24. The van der Waals surface area contributed by atoms with Crippen molar-refractivity contribution in [3.8, 4) is 0 Å². The minimum absolute atomic E-state index is 1.08. The van der Waals surface area contributed by atoms with Crippen molar-refractivity contribution in [2.75, 3.05) is 0 Å². The summed E-state index contributed by atoms with van der Waals surface area (Å²) < 4.78 is 0. The topological polar surface area (TPSA) is 27.0 Å². The number of hydrogen-bond acceptors (Lipinski definition) is 1. The number of nitrogens with one attached hydrogen (secondary N) is 1. The Balaban J connectivity index is 2.61. The van der Waals surface area contributed by atoms with Crippen LogP contribution in [0.1, 0.15) is 19.0 Å². The average Bonchev–Trinajstić information content (AvgIpc) is 1.91.